The number of aliphatic hydroxyl groups excluding tert-OH is 1. The molecule has 0 saturated heterocycles. The quantitative estimate of drug-likeness (QED) is 0.402. The molecule has 3 rings (SSSR count). The SMILES string of the molecule is CCN1/C(=C\C=C\C=N)Oc2ccccc21.N=C(O)c1ccccc1.[Cu]. The van der Waals surface area contributed by atoms with Crippen LogP contribution < -0.4 is 9.64 Å². The van der Waals surface area contributed by atoms with E-state index in [4.69, 9.17) is 20.7 Å². The third-order valence-electron chi connectivity index (χ3n) is 3.45. The van der Waals surface area contributed by atoms with Crippen molar-refractivity contribution in [3.05, 3.63) is 84.3 Å². The van der Waals surface area contributed by atoms with E-state index >= 15 is 0 Å². The van der Waals surface area contributed by atoms with Gasteiger partial charge in [0.05, 0.1) is 5.69 Å². The van der Waals surface area contributed by atoms with Crippen molar-refractivity contribution in [3.8, 4) is 5.75 Å². The van der Waals surface area contributed by atoms with E-state index < -0.39 is 0 Å². The fraction of sp³-hybridized carbons (Fsp3) is 0.100. The average molecular weight is 399 g/mol. The van der Waals surface area contributed by atoms with Crippen LogP contribution >= 0.6 is 0 Å². The van der Waals surface area contributed by atoms with Crippen LogP contribution in [0.25, 0.3) is 0 Å². The number of aliphatic hydroxyl groups is 1. The van der Waals surface area contributed by atoms with E-state index in [-0.39, 0.29) is 23.0 Å². The maximum absolute atomic E-state index is 8.61. The molecule has 2 aromatic carbocycles. The number of nitrogens with zero attached hydrogens (tertiary/aromatic N) is 1. The summed E-state index contributed by atoms with van der Waals surface area (Å²) < 4.78 is 5.72. The van der Waals surface area contributed by atoms with Crippen molar-refractivity contribution in [2.75, 3.05) is 11.4 Å². The van der Waals surface area contributed by atoms with Gasteiger partial charge in [0.15, 0.2) is 5.75 Å². The zero-order chi connectivity index (χ0) is 18.1. The molecule has 26 heavy (non-hydrogen) atoms. The van der Waals surface area contributed by atoms with Crippen LogP contribution in [-0.4, -0.2) is 23.8 Å². The van der Waals surface area contributed by atoms with Crippen LogP contribution in [0.15, 0.2) is 78.7 Å². The molecule has 0 saturated carbocycles. The van der Waals surface area contributed by atoms with E-state index in [0.717, 1.165) is 23.9 Å². The molecule has 139 valence electrons. The van der Waals surface area contributed by atoms with Crippen LogP contribution in [0.3, 0.4) is 0 Å². The molecule has 1 aliphatic heterocycles. The van der Waals surface area contributed by atoms with Crippen molar-refractivity contribution in [2.24, 2.45) is 0 Å². The Morgan fingerprint density at radius 2 is 1.73 bits per heavy atom. The summed E-state index contributed by atoms with van der Waals surface area (Å²) in [6, 6.07) is 16.7. The second-order valence-corrected chi connectivity index (χ2v) is 5.09. The average Bonchev–Trinajstić information content (AvgIpc) is 3.00. The van der Waals surface area contributed by atoms with Gasteiger partial charge < -0.3 is 20.2 Å². The van der Waals surface area contributed by atoms with E-state index in [1.165, 1.54) is 6.21 Å². The summed E-state index contributed by atoms with van der Waals surface area (Å²) in [6.07, 6.45) is 6.58. The van der Waals surface area contributed by atoms with Gasteiger partial charge in [0.25, 0.3) is 0 Å². The smallest absolute Gasteiger partial charge is 0.210 e. The summed E-state index contributed by atoms with van der Waals surface area (Å²) in [4.78, 5) is 2.10. The predicted molar refractivity (Wildman–Crippen MR) is 102 cm³/mol. The maximum atomic E-state index is 8.61. The summed E-state index contributed by atoms with van der Waals surface area (Å²) in [6.45, 7) is 2.95. The van der Waals surface area contributed by atoms with Gasteiger partial charge >= 0.3 is 0 Å². The van der Waals surface area contributed by atoms with Crippen molar-refractivity contribution in [2.45, 2.75) is 6.92 Å². The Morgan fingerprint density at radius 3 is 2.31 bits per heavy atom. The van der Waals surface area contributed by atoms with Gasteiger partial charge in [-0.25, -0.2) is 0 Å². The minimum absolute atomic E-state index is 0. The largest absolute Gasteiger partial charge is 0.493 e. The minimum Gasteiger partial charge on any atom is -0.493 e. The van der Waals surface area contributed by atoms with Crippen LogP contribution in [0.2, 0.25) is 0 Å². The number of allylic oxidation sites excluding steroid dienone is 3. The molecule has 0 fully saturated rings. The molecule has 1 radical (unpaired) electrons. The number of nitrogens with one attached hydrogen (secondary N) is 2. The van der Waals surface area contributed by atoms with Gasteiger partial charge in [0, 0.05) is 35.4 Å². The Bertz CT molecular complexity index is 789. The standard InChI is InChI=1S/C13H14N2O.C7H7NO.Cu/c1-2-15-11-7-3-4-8-12(11)16-13(15)9-5-6-10-14;8-7(9)6-4-2-1-3-5-6;/h3-10,14H,2H2,1H3;1-5H,(H2,8,9);/b6-5+,13-9+,14-10?;;. The molecule has 5 nitrogen and oxygen atoms in total. The summed E-state index contributed by atoms with van der Waals surface area (Å²) in [7, 11) is 0. The first kappa shape index (κ1) is 21.2. The van der Waals surface area contributed by atoms with E-state index in [9.17, 15) is 0 Å². The topological polar surface area (TPSA) is 80.4 Å². The number of hydrogen-bond acceptors (Lipinski definition) is 4. The first-order chi connectivity index (χ1) is 12.2. The number of ether oxygens (including phenoxy) is 1. The molecule has 0 amide bonds. The van der Waals surface area contributed by atoms with Crippen molar-refractivity contribution in [3.63, 3.8) is 0 Å². The van der Waals surface area contributed by atoms with Crippen molar-refractivity contribution >= 4 is 17.8 Å². The second kappa shape index (κ2) is 10.9. The maximum Gasteiger partial charge on any atom is 0.210 e. The molecule has 6 heteroatoms. The zero-order valence-corrected chi connectivity index (χ0v) is 15.3. The summed E-state index contributed by atoms with van der Waals surface area (Å²) in [5, 5.41) is 22.3. The molecule has 0 atom stereocenters. The van der Waals surface area contributed by atoms with Crippen molar-refractivity contribution < 1.29 is 26.9 Å². The Morgan fingerprint density at radius 1 is 1.08 bits per heavy atom. The van der Waals surface area contributed by atoms with Gasteiger partial charge in [-0.2, -0.15) is 0 Å². The molecule has 0 aliphatic carbocycles. The normalized spacial score (nSPS) is 13.3. The molecule has 0 unspecified atom stereocenters. The minimum atomic E-state index is -0.379. The monoisotopic (exact) mass is 398 g/mol. The molecule has 3 N–H and O–H groups in total. The van der Waals surface area contributed by atoms with Gasteiger partial charge in [-0.15, -0.1) is 0 Å². The van der Waals surface area contributed by atoms with E-state index in [0.29, 0.717) is 5.56 Å². The number of hydrogen-bond donors (Lipinski definition) is 3. The third-order valence-corrected chi connectivity index (χ3v) is 3.45. The van der Waals surface area contributed by atoms with Gasteiger partial charge in [0.1, 0.15) is 0 Å². The van der Waals surface area contributed by atoms with Crippen LogP contribution in [0, 0.1) is 10.8 Å². The Balaban J connectivity index is 0.000000290. The van der Waals surface area contributed by atoms with E-state index in [2.05, 4.69) is 11.8 Å². The molecular formula is C20H21CuN3O2. The summed E-state index contributed by atoms with van der Waals surface area (Å²) >= 11 is 0. The van der Waals surface area contributed by atoms with Gasteiger partial charge in [-0.05, 0) is 43.3 Å². The van der Waals surface area contributed by atoms with Crippen LogP contribution in [0.5, 0.6) is 5.75 Å². The number of para-hydroxylation sites is 2. The molecular weight excluding hydrogens is 378 g/mol. The zero-order valence-electron chi connectivity index (χ0n) is 14.3. The Labute approximate surface area is 164 Å². The number of benzene rings is 2. The number of rotatable bonds is 4. The molecule has 1 aliphatic rings. The number of fused-ring (bicyclic) bond motifs is 1. The summed E-state index contributed by atoms with van der Waals surface area (Å²) in [5.41, 5.74) is 1.65. The van der Waals surface area contributed by atoms with Crippen molar-refractivity contribution in [1.29, 1.82) is 10.8 Å². The van der Waals surface area contributed by atoms with Gasteiger partial charge in [-0.3, -0.25) is 5.41 Å². The van der Waals surface area contributed by atoms with E-state index in [1.807, 2.05) is 36.4 Å². The Kier molecular flexibility index (Phi) is 8.92. The molecule has 0 spiro atoms. The Hall–Kier alpha value is -2.82. The molecule has 0 aromatic heterocycles. The third kappa shape index (κ3) is 5.62. The van der Waals surface area contributed by atoms with Crippen LogP contribution in [-0.2, 0) is 17.1 Å². The molecule has 2 aromatic rings. The van der Waals surface area contributed by atoms with Gasteiger partial charge in [0.2, 0.25) is 11.8 Å². The summed E-state index contributed by atoms with van der Waals surface area (Å²) in [5.74, 6) is 1.32. The first-order valence-corrected chi connectivity index (χ1v) is 7.92. The molecule has 1 heterocycles. The second-order valence-electron chi connectivity index (χ2n) is 5.09. The molecule has 0 bridgehead atoms. The van der Waals surface area contributed by atoms with Crippen molar-refractivity contribution in [1.82, 2.24) is 0 Å². The predicted octanol–water partition coefficient (Wildman–Crippen LogP) is 4.52. The fourth-order valence-electron chi connectivity index (χ4n) is 2.29. The van der Waals surface area contributed by atoms with E-state index in [1.54, 1.807) is 36.4 Å². The first-order valence-electron chi connectivity index (χ1n) is 7.92. The fourth-order valence-corrected chi connectivity index (χ4v) is 2.29. The van der Waals surface area contributed by atoms with Gasteiger partial charge in [-0.1, -0.05) is 36.4 Å². The number of anilines is 1. The van der Waals surface area contributed by atoms with Crippen LogP contribution in [0.4, 0.5) is 5.69 Å². The van der Waals surface area contributed by atoms with Crippen LogP contribution in [0.1, 0.15) is 12.5 Å².